The van der Waals surface area contributed by atoms with E-state index >= 15 is 0 Å². The normalized spacial score (nSPS) is 34.5. The maximum atomic E-state index is 12.4. The molecule has 0 aliphatic carbocycles. The number of hydrogen-bond acceptors (Lipinski definition) is 3. The molecule has 2 aliphatic heterocycles. The largest absolute Gasteiger partial charge is 0.303 e. The first-order chi connectivity index (χ1) is 9.52. The lowest BCUT2D eigenvalue weighted by Gasteiger charge is -2.39. The molecular weight excluding hydrogens is 252 g/mol. The molecule has 2 fully saturated rings. The summed E-state index contributed by atoms with van der Waals surface area (Å²) in [7, 11) is 2.07. The smallest absolute Gasteiger partial charge is 0.234 e. The van der Waals surface area contributed by atoms with Crippen molar-refractivity contribution in [2.24, 2.45) is 5.41 Å². The van der Waals surface area contributed by atoms with Crippen LogP contribution in [0.3, 0.4) is 0 Å². The molecule has 1 N–H and O–H groups in total. The second kappa shape index (κ2) is 4.70. The van der Waals surface area contributed by atoms with Crippen LogP contribution in [0.1, 0.15) is 31.2 Å². The molecule has 1 spiro atoms. The Labute approximate surface area is 119 Å². The van der Waals surface area contributed by atoms with E-state index < -0.39 is 0 Å². The first-order valence-electron chi connectivity index (χ1n) is 7.11. The van der Waals surface area contributed by atoms with Gasteiger partial charge in [-0.3, -0.25) is 14.9 Å². The zero-order valence-corrected chi connectivity index (χ0v) is 11.9. The van der Waals surface area contributed by atoms with Crippen molar-refractivity contribution in [2.75, 3.05) is 13.6 Å². The Morgan fingerprint density at radius 2 is 1.95 bits per heavy atom. The van der Waals surface area contributed by atoms with Gasteiger partial charge in [-0.25, -0.2) is 0 Å². The molecule has 3 rings (SSSR count). The van der Waals surface area contributed by atoms with Gasteiger partial charge in [0.25, 0.3) is 0 Å². The molecule has 3 atom stereocenters. The lowest BCUT2D eigenvalue weighted by molar-refractivity contribution is -0.139. The Morgan fingerprint density at radius 1 is 1.25 bits per heavy atom. The number of nitrogens with zero attached hydrogens (tertiary/aromatic N) is 1. The highest BCUT2D eigenvalue weighted by atomic mass is 16.2. The molecule has 20 heavy (non-hydrogen) atoms. The van der Waals surface area contributed by atoms with Crippen molar-refractivity contribution in [3.05, 3.63) is 35.9 Å². The van der Waals surface area contributed by atoms with Gasteiger partial charge in [0, 0.05) is 24.4 Å². The predicted molar refractivity (Wildman–Crippen MR) is 76.1 cm³/mol. The summed E-state index contributed by atoms with van der Waals surface area (Å²) in [5.41, 5.74) is 0.759. The minimum absolute atomic E-state index is 0.135. The van der Waals surface area contributed by atoms with Crippen LogP contribution < -0.4 is 5.32 Å². The minimum atomic E-state index is -0.255. The van der Waals surface area contributed by atoms with Crippen molar-refractivity contribution in [1.82, 2.24) is 10.2 Å². The number of rotatable bonds is 1. The standard InChI is InChI=1S/C16H20N2O2/c1-11-8-16(10-18(11)2)9-13(19)17-15(20)14(16)12-6-4-3-5-7-12/h3-7,11,14H,8-10H2,1-2H3,(H,17,19,20). The molecule has 0 saturated carbocycles. The van der Waals surface area contributed by atoms with Crippen LogP contribution in [0.4, 0.5) is 0 Å². The van der Waals surface area contributed by atoms with Gasteiger partial charge in [0.15, 0.2) is 0 Å². The summed E-state index contributed by atoms with van der Waals surface area (Å²) in [6, 6.07) is 10.2. The van der Waals surface area contributed by atoms with Crippen molar-refractivity contribution >= 4 is 11.8 Å². The quantitative estimate of drug-likeness (QED) is 0.789. The first-order valence-corrected chi connectivity index (χ1v) is 7.11. The van der Waals surface area contributed by atoms with Gasteiger partial charge in [0.1, 0.15) is 0 Å². The molecule has 106 valence electrons. The van der Waals surface area contributed by atoms with E-state index in [4.69, 9.17) is 0 Å². The van der Waals surface area contributed by atoms with Gasteiger partial charge < -0.3 is 4.90 Å². The molecule has 2 aliphatic rings. The lowest BCUT2D eigenvalue weighted by Crippen LogP contribution is -2.51. The van der Waals surface area contributed by atoms with E-state index in [2.05, 4.69) is 24.2 Å². The third-order valence-corrected chi connectivity index (χ3v) is 4.80. The second-order valence-electron chi connectivity index (χ2n) is 6.26. The van der Waals surface area contributed by atoms with Crippen LogP contribution in [0, 0.1) is 5.41 Å². The highest BCUT2D eigenvalue weighted by Crippen LogP contribution is 2.49. The van der Waals surface area contributed by atoms with Gasteiger partial charge >= 0.3 is 0 Å². The SMILES string of the molecule is CC1CC2(CC(=O)NC(=O)C2c2ccccc2)CN1C. The van der Waals surface area contributed by atoms with E-state index in [0.29, 0.717) is 12.5 Å². The molecule has 2 heterocycles. The molecule has 3 unspecified atom stereocenters. The van der Waals surface area contributed by atoms with E-state index in [9.17, 15) is 9.59 Å². The highest BCUT2D eigenvalue weighted by Gasteiger charge is 2.53. The van der Waals surface area contributed by atoms with Crippen LogP contribution in [0.15, 0.2) is 30.3 Å². The summed E-state index contributed by atoms with van der Waals surface area (Å²) in [6.45, 7) is 2.96. The molecule has 0 bridgehead atoms. The summed E-state index contributed by atoms with van der Waals surface area (Å²) in [5, 5.41) is 2.51. The van der Waals surface area contributed by atoms with Gasteiger partial charge in [0.05, 0.1) is 5.92 Å². The average Bonchev–Trinajstić information content (AvgIpc) is 2.64. The number of benzene rings is 1. The Balaban J connectivity index is 2.04. The highest BCUT2D eigenvalue weighted by molar-refractivity contribution is 6.02. The van der Waals surface area contributed by atoms with Gasteiger partial charge in [-0.05, 0) is 26.0 Å². The zero-order chi connectivity index (χ0) is 14.3. The van der Waals surface area contributed by atoms with Crippen molar-refractivity contribution in [3.63, 3.8) is 0 Å². The lowest BCUT2D eigenvalue weighted by atomic mass is 9.66. The number of amides is 2. The number of likely N-dealkylation sites (tertiary alicyclic amines) is 1. The fourth-order valence-corrected chi connectivity index (χ4v) is 3.90. The zero-order valence-electron chi connectivity index (χ0n) is 11.9. The number of carbonyl (C=O) groups is 2. The Morgan fingerprint density at radius 3 is 2.55 bits per heavy atom. The fourth-order valence-electron chi connectivity index (χ4n) is 3.90. The topological polar surface area (TPSA) is 49.4 Å². The number of imide groups is 1. The Bertz CT molecular complexity index is 531. The fraction of sp³-hybridized carbons (Fsp3) is 0.500. The minimum Gasteiger partial charge on any atom is -0.303 e. The van der Waals surface area contributed by atoms with E-state index in [1.165, 1.54) is 0 Å². The van der Waals surface area contributed by atoms with Crippen LogP contribution in [-0.4, -0.2) is 36.3 Å². The summed E-state index contributed by atoms with van der Waals surface area (Å²) in [5.74, 6) is -0.506. The molecule has 4 heteroatoms. The number of piperidine rings is 1. The maximum Gasteiger partial charge on any atom is 0.234 e. The third-order valence-electron chi connectivity index (χ3n) is 4.80. The average molecular weight is 272 g/mol. The van der Waals surface area contributed by atoms with E-state index in [-0.39, 0.29) is 23.1 Å². The second-order valence-corrected chi connectivity index (χ2v) is 6.26. The summed E-state index contributed by atoms with van der Waals surface area (Å²) >= 11 is 0. The molecule has 1 aromatic rings. The molecule has 4 nitrogen and oxygen atoms in total. The van der Waals surface area contributed by atoms with Gasteiger partial charge in [-0.2, -0.15) is 0 Å². The molecule has 0 aromatic heterocycles. The van der Waals surface area contributed by atoms with Gasteiger partial charge in [0.2, 0.25) is 11.8 Å². The summed E-state index contributed by atoms with van der Waals surface area (Å²) in [6.07, 6.45) is 1.33. The van der Waals surface area contributed by atoms with Crippen molar-refractivity contribution in [1.29, 1.82) is 0 Å². The maximum absolute atomic E-state index is 12.4. The summed E-state index contributed by atoms with van der Waals surface area (Å²) < 4.78 is 0. The molecule has 2 amide bonds. The molecule has 2 saturated heterocycles. The molecular formula is C16H20N2O2. The van der Waals surface area contributed by atoms with Gasteiger partial charge in [-0.15, -0.1) is 0 Å². The predicted octanol–water partition coefficient (Wildman–Crippen LogP) is 1.53. The number of hydrogen-bond donors (Lipinski definition) is 1. The van der Waals surface area contributed by atoms with Crippen LogP contribution in [-0.2, 0) is 9.59 Å². The number of nitrogens with one attached hydrogen (secondary N) is 1. The monoisotopic (exact) mass is 272 g/mol. The van der Waals surface area contributed by atoms with Crippen LogP contribution in [0.25, 0.3) is 0 Å². The van der Waals surface area contributed by atoms with E-state index in [1.807, 2.05) is 30.3 Å². The molecule has 1 aromatic carbocycles. The summed E-state index contributed by atoms with van der Waals surface area (Å²) in [4.78, 5) is 26.6. The number of carbonyl (C=O) groups excluding carboxylic acids is 2. The van der Waals surface area contributed by atoms with Crippen molar-refractivity contribution in [2.45, 2.75) is 31.7 Å². The first kappa shape index (κ1) is 13.3. The van der Waals surface area contributed by atoms with Crippen LogP contribution in [0.5, 0.6) is 0 Å². The van der Waals surface area contributed by atoms with Crippen molar-refractivity contribution in [3.8, 4) is 0 Å². The van der Waals surface area contributed by atoms with Crippen molar-refractivity contribution < 1.29 is 9.59 Å². The Kier molecular flexibility index (Phi) is 3.13. The van der Waals surface area contributed by atoms with E-state index in [1.54, 1.807) is 0 Å². The molecule has 0 radical (unpaired) electrons. The van der Waals surface area contributed by atoms with Gasteiger partial charge in [-0.1, -0.05) is 30.3 Å². The van der Waals surface area contributed by atoms with E-state index in [0.717, 1.165) is 18.5 Å². The van der Waals surface area contributed by atoms with Crippen LogP contribution in [0.2, 0.25) is 0 Å². The third kappa shape index (κ3) is 2.04. The Hall–Kier alpha value is -1.68. The van der Waals surface area contributed by atoms with Crippen LogP contribution >= 0.6 is 0 Å².